The molecule has 3 nitrogen and oxygen atoms in total. The lowest BCUT2D eigenvalue weighted by Gasteiger charge is -2.24. The molecule has 0 fully saturated rings. The molecule has 4 rings (SSSR count). The molecule has 1 heterocycles. The highest BCUT2D eigenvalue weighted by Crippen LogP contribution is 2.50. The minimum atomic E-state index is -0.0829. The summed E-state index contributed by atoms with van der Waals surface area (Å²) in [6, 6.07) is 19.2. The molecule has 0 saturated heterocycles. The Morgan fingerprint density at radius 1 is 1.00 bits per heavy atom. The molecular formula is C31H37NO2. The quantitative estimate of drug-likeness (QED) is 0.423. The van der Waals surface area contributed by atoms with Gasteiger partial charge in [0.25, 0.3) is 0 Å². The molecule has 0 radical (unpaired) electrons. The predicted molar refractivity (Wildman–Crippen MR) is 142 cm³/mol. The minimum absolute atomic E-state index is 0.0453. The molecular weight excluding hydrogens is 418 g/mol. The molecule has 1 unspecified atom stereocenters. The number of carbonyl (C=O) groups is 1. The number of ether oxygens (including phenoxy) is 1. The van der Waals surface area contributed by atoms with Crippen molar-refractivity contribution in [2.75, 3.05) is 11.9 Å². The van der Waals surface area contributed by atoms with Crippen LogP contribution in [0.1, 0.15) is 80.7 Å². The highest BCUT2D eigenvalue weighted by molar-refractivity contribution is 5.99. The van der Waals surface area contributed by atoms with Gasteiger partial charge < -0.3 is 10.1 Å². The number of hydrogen-bond donors (Lipinski definition) is 1. The Hall–Kier alpha value is -3.07. The van der Waals surface area contributed by atoms with E-state index >= 15 is 0 Å². The zero-order valence-corrected chi connectivity index (χ0v) is 21.6. The molecule has 3 heteroatoms. The zero-order chi connectivity index (χ0) is 24.6. The first-order valence-electron chi connectivity index (χ1n) is 12.3. The summed E-state index contributed by atoms with van der Waals surface area (Å²) in [6.45, 7) is 15.6. The van der Waals surface area contributed by atoms with Gasteiger partial charge in [-0.25, -0.2) is 0 Å². The number of carbonyl (C=O) groups excluding carboxylic acids is 1. The largest absolute Gasteiger partial charge is 0.492 e. The van der Waals surface area contributed by atoms with Crippen LogP contribution in [-0.2, 0) is 4.79 Å². The fourth-order valence-electron chi connectivity index (χ4n) is 5.01. The SMILES string of the molecule is Cc1c2c(c(C)c(NC(=O)CC(C)(C)C)c1-c1ccccc1)C(c1ccc(C(C)C)cc1)CO2. The van der Waals surface area contributed by atoms with Crippen LogP contribution in [0.3, 0.4) is 0 Å². The van der Waals surface area contributed by atoms with Crippen molar-refractivity contribution in [1.29, 1.82) is 0 Å². The number of nitrogens with one attached hydrogen (secondary N) is 1. The fourth-order valence-corrected chi connectivity index (χ4v) is 5.01. The van der Waals surface area contributed by atoms with E-state index in [2.05, 4.69) is 90.2 Å². The Balaban J connectivity index is 1.85. The molecule has 0 spiro atoms. The zero-order valence-electron chi connectivity index (χ0n) is 21.6. The topological polar surface area (TPSA) is 38.3 Å². The third kappa shape index (κ3) is 4.75. The van der Waals surface area contributed by atoms with Crippen molar-refractivity contribution >= 4 is 11.6 Å². The lowest BCUT2D eigenvalue weighted by Crippen LogP contribution is -2.21. The van der Waals surface area contributed by atoms with Gasteiger partial charge in [-0.1, -0.05) is 89.2 Å². The lowest BCUT2D eigenvalue weighted by atomic mass is 9.84. The summed E-state index contributed by atoms with van der Waals surface area (Å²) in [4.78, 5) is 13.1. The normalized spacial score (nSPS) is 15.2. The highest BCUT2D eigenvalue weighted by Gasteiger charge is 2.33. The Morgan fingerprint density at radius 3 is 2.24 bits per heavy atom. The number of benzene rings is 3. The summed E-state index contributed by atoms with van der Waals surface area (Å²) in [6.07, 6.45) is 0.466. The highest BCUT2D eigenvalue weighted by atomic mass is 16.5. The summed E-state index contributed by atoms with van der Waals surface area (Å²) in [5.74, 6) is 1.66. The van der Waals surface area contributed by atoms with Crippen molar-refractivity contribution in [3.63, 3.8) is 0 Å². The van der Waals surface area contributed by atoms with Gasteiger partial charge in [0, 0.05) is 29.0 Å². The van der Waals surface area contributed by atoms with Gasteiger partial charge >= 0.3 is 0 Å². The minimum Gasteiger partial charge on any atom is -0.492 e. The Bertz CT molecular complexity index is 1190. The molecule has 0 aliphatic carbocycles. The van der Waals surface area contributed by atoms with Crippen LogP contribution in [0.4, 0.5) is 5.69 Å². The van der Waals surface area contributed by atoms with E-state index in [1.54, 1.807) is 0 Å². The van der Waals surface area contributed by atoms with Crippen LogP contribution >= 0.6 is 0 Å². The van der Waals surface area contributed by atoms with Crippen LogP contribution in [0.25, 0.3) is 11.1 Å². The van der Waals surface area contributed by atoms with Crippen LogP contribution in [0.2, 0.25) is 0 Å². The first-order valence-corrected chi connectivity index (χ1v) is 12.3. The summed E-state index contributed by atoms with van der Waals surface area (Å²) >= 11 is 0. The number of rotatable bonds is 5. The Labute approximate surface area is 204 Å². The second-order valence-corrected chi connectivity index (χ2v) is 11.1. The molecule has 1 N–H and O–H groups in total. The second kappa shape index (κ2) is 9.29. The van der Waals surface area contributed by atoms with Crippen molar-refractivity contribution in [2.24, 2.45) is 5.41 Å². The first kappa shape index (κ1) is 24.1. The van der Waals surface area contributed by atoms with Gasteiger partial charge in [0.2, 0.25) is 5.91 Å². The first-order chi connectivity index (χ1) is 16.1. The number of hydrogen-bond acceptors (Lipinski definition) is 2. The smallest absolute Gasteiger partial charge is 0.224 e. The van der Waals surface area contributed by atoms with Gasteiger partial charge in [-0.3, -0.25) is 4.79 Å². The standard InChI is InChI=1S/C31H37NO2/c1-19(2)22-13-15-23(16-14-22)25-18-34-30-21(4)27(24-11-9-8-10-12-24)29(20(3)28(25)30)32-26(33)17-31(5,6)7/h8-16,19,25H,17-18H2,1-7H3,(H,32,33). The van der Waals surface area contributed by atoms with E-state index in [1.807, 2.05) is 18.2 Å². The van der Waals surface area contributed by atoms with Crippen molar-refractivity contribution in [3.05, 3.63) is 82.4 Å². The Kier molecular flexibility index (Phi) is 6.58. The van der Waals surface area contributed by atoms with Gasteiger partial charge in [0.15, 0.2) is 0 Å². The maximum absolute atomic E-state index is 13.1. The van der Waals surface area contributed by atoms with Crippen LogP contribution in [0.5, 0.6) is 5.75 Å². The molecule has 1 amide bonds. The van der Waals surface area contributed by atoms with Gasteiger partial charge in [-0.05, 0) is 47.4 Å². The third-order valence-electron chi connectivity index (χ3n) is 6.76. The van der Waals surface area contributed by atoms with E-state index in [0.29, 0.717) is 18.9 Å². The maximum Gasteiger partial charge on any atom is 0.224 e. The number of fused-ring (bicyclic) bond motifs is 1. The van der Waals surface area contributed by atoms with E-state index in [-0.39, 0.29) is 17.2 Å². The van der Waals surface area contributed by atoms with Crippen molar-refractivity contribution in [2.45, 2.75) is 66.7 Å². The van der Waals surface area contributed by atoms with Gasteiger partial charge in [0.05, 0.1) is 12.3 Å². The molecule has 3 aromatic rings. The van der Waals surface area contributed by atoms with Crippen molar-refractivity contribution in [1.82, 2.24) is 0 Å². The van der Waals surface area contributed by atoms with Gasteiger partial charge in [-0.15, -0.1) is 0 Å². The molecule has 1 aliphatic heterocycles. The molecule has 1 atom stereocenters. The van der Waals surface area contributed by atoms with Crippen molar-refractivity contribution in [3.8, 4) is 16.9 Å². The van der Waals surface area contributed by atoms with E-state index in [9.17, 15) is 4.79 Å². The van der Waals surface area contributed by atoms with Crippen LogP contribution < -0.4 is 10.1 Å². The molecule has 1 aliphatic rings. The molecule has 0 aromatic heterocycles. The van der Waals surface area contributed by atoms with E-state index < -0.39 is 0 Å². The molecule has 0 saturated carbocycles. The van der Waals surface area contributed by atoms with E-state index in [1.165, 1.54) is 16.7 Å². The van der Waals surface area contributed by atoms with Crippen LogP contribution in [-0.4, -0.2) is 12.5 Å². The average Bonchev–Trinajstić information content (AvgIpc) is 3.22. The van der Waals surface area contributed by atoms with Gasteiger partial charge in [0.1, 0.15) is 5.75 Å². The Morgan fingerprint density at radius 2 is 1.65 bits per heavy atom. The van der Waals surface area contributed by atoms with E-state index in [0.717, 1.165) is 33.7 Å². The maximum atomic E-state index is 13.1. The summed E-state index contributed by atoms with van der Waals surface area (Å²) in [7, 11) is 0. The molecule has 3 aromatic carbocycles. The fraction of sp³-hybridized carbons (Fsp3) is 0.387. The summed E-state index contributed by atoms with van der Waals surface area (Å²) < 4.78 is 6.34. The molecule has 34 heavy (non-hydrogen) atoms. The van der Waals surface area contributed by atoms with Gasteiger partial charge in [-0.2, -0.15) is 0 Å². The van der Waals surface area contributed by atoms with E-state index in [4.69, 9.17) is 4.74 Å². The van der Waals surface area contributed by atoms with Crippen LogP contribution in [0, 0.1) is 19.3 Å². The average molecular weight is 456 g/mol. The molecule has 0 bridgehead atoms. The van der Waals surface area contributed by atoms with Crippen molar-refractivity contribution < 1.29 is 9.53 Å². The predicted octanol–water partition coefficient (Wildman–Crippen LogP) is 7.99. The molecule has 178 valence electrons. The number of amides is 1. The third-order valence-corrected chi connectivity index (χ3v) is 6.76. The lowest BCUT2D eigenvalue weighted by molar-refractivity contribution is -0.117. The summed E-state index contributed by atoms with van der Waals surface area (Å²) in [5, 5.41) is 3.31. The number of anilines is 1. The second-order valence-electron chi connectivity index (χ2n) is 11.1. The monoisotopic (exact) mass is 455 g/mol. The van der Waals surface area contributed by atoms with Crippen LogP contribution in [0.15, 0.2) is 54.6 Å². The summed E-state index contributed by atoms with van der Waals surface area (Å²) in [5.41, 5.74) is 8.93.